The topological polar surface area (TPSA) is 61.4 Å². The number of urea groups is 1. The summed E-state index contributed by atoms with van der Waals surface area (Å²) in [5.41, 5.74) is 0. The van der Waals surface area contributed by atoms with Crippen molar-refractivity contribution in [1.29, 1.82) is 0 Å². The molecule has 0 aromatic carbocycles. The number of rotatable bonds is 7. The summed E-state index contributed by atoms with van der Waals surface area (Å²) in [6.45, 7) is 5.22. The van der Waals surface area contributed by atoms with Gasteiger partial charge in [0, 0.05) is 19.2 Å². The maximum Gasteiger partial charge on any atom is 0.315 e. The van der Waals surface area contributed by atoms with Gasteiger partial charge >= 0.3 is 6.03 Å². The van der Waals surface area contributed by atoms with E-state index >= 15 is 0 Å². The molecule has 0 radical (unpaired) electrons. The van der Waals surface area contributed by atoms with E-state index in [0.717, 1.165) is 25.7 Å². The molecule has 3 unspecified atom stereocenters. The number of aliphatic hydroxyl groups is 1. The van der Waals surface area contributed by atoms with Gasteiger partial charge in [-0.3, -0.25) is 0 Å². The van der Waals surface area contributed by atoms with Gasteiger partial charge in [-0.05, 0) is 37.5 Å². The van der Waals surface area contributed by atoms with E-state index in [2.05, 4.69) is 24.5 Å². The van der Waals surface area contributed by atoms with Crippen molar-refractivity contribution in [1.82, 2.24) is 10.6 Å². The van der Waals surface area contributed by atoms with Crippen LogP contribution in [0.25, 0.3) is 0 Å². The van der Waals surface area contributed by atoms with Crippen molar-refractivity contribution in [2.75, 3.05) is 13.2 Å². The van der Waals surface area contributed by atoms with Gasteiger partial charge in [0.15, 0.2) is 0 Å². The smallest absolute Gasteiger partial charge is 0.315 e. The van der Waals surface area contributed by atoms with Crippen molar-refractivity contribution in [3.63, 3.8) is 0 Å². The van der Waals surface area contributed by atoms with Gasteiger partial charge in [0.2, 0.25) is 0 Å². The molecular weight excluding hydrogens is 240 g/mol. The highest BCUT2D eigenvalue weighted by atomic mass is 16.3. The number of aliphatic hydroxyl groups excluding tert-OH is 1. The highest BCUT2D eigenvalue weighted by molar-refractivity contribution is 5.74. The summed E-state index contributed by atoms with van der Waals surface area (Å²) in [4.78, 5) is 11.9. The fourth-order valence-corrected chi connectivity index (χ4v) is 2.93. The lowest BCUT2D eigenvalue weighted by molar-refractivity contribution is 0.215. The molecule has 1 saturated carbocycles. The number of carbonyl (C=O) groups excluding carboxylic acids is 1. The molecule has 1 aliphatic carbocycles. The third-order valence-electron chi connectivity index (χ3n) is 4.21. The van der Waals surface area contributed by atoms with Gasteiger partial charge in [-0.15, -0.1) is 0 Å². The van der Waals surface area contributed by atoms with E-state index in [1.807, 2.05) is 0 Å². The van der Waals surface area contributed by atoms with E-state index in [4.69, 9.17) is 5.11 Å². The molecule has 0 saturated heterocycles. The van der Waals surface area contributed by atoms with Crippen molar-refractivity contribution < 1.29 is 9.90 Å². The second kappa shape index (κ2) is 9.18. The van der Waals surface area contributed by atoms with E-state index in [1.54, 1.807) is 0 Å². The van der Waals surface area contributed by atoms with Gasteiger partial charge in [-0.25, -0.2) is 4.79 Å². The standard InChI is InChI=1S/C15H30N2O2/c1-3-6-13(9-10-18)11-16-15(19)17-14-8-5-4-7-12(14)2/h12-14,18H,3-11H2,1-2H3,(H2,16,17,19). The molecule has 0 spiro atoms. The molecule has 112 valence electrons. The van der Waals surface area contributed by atoms with Crippen molar-refractivity contribution in [2.24, 2.45) is 11.8 Å². The first-order valence-corrected chi connectivity index (χ1v) is 7.82. The van der Waals surface area contributed by atoms with E-state index in [0.29, 0.717) is 24.4 Å². The summed E-state index contributed by atoms with van der Waals surface area (Å²) >= 11 is 0. The van der Waals surface area contributed by atoms with Crippen LogP contribution in [0.4, 0.5) is 4.79 Å². The van der Waals surface area contributed by atoms with E-state index in [1.165, 1.54) is 19.3 Å². The van der Waals surface area contributed by atoms with E-state index < -0.39 is 0 Å². The maximum atomic E-state index is 11.9. The Bertz CT molecular complexity index is 253. The van der Waals surface area contributed by atoms with E-state index in [-0.39, 0.29) is 12.6 Å². The largest absolute Gasteiger partial charge is 0.396 e. The first-order chi connectivity index (χ1) is 9.17. The van der Waals surface area contributed by atoms with Crippen LogP contribution in [0.3, 0.4) is 0 Å². The first-order valence-electron chi connectivity index (χ1n) is 7.82. The molecule has 4 heteroatoms. The van der Waals surface area contributed by atoms with Gasteiger partial charge in [-0.2, -0.15) is 0 Å². The second-order valence-corrected chi connectivity index (χ2v) is 5.89. The zero-order valence-electron chi connectivity index (χ0n) is 12.5. The van der Waals surface area contributed by atoms with Crippen LogP contribution in [0.1, 0.15) is 58.8 Å². The average Bonchev–Trinajstić information content (AvgIpc) is 2.39. The Kier molecular flexibility index (Phi) is 7.87. The fraction of sp³-hybridized carbons (Fsp3) is 0.933. The number of hydrogen-bond acceptors (Lipinski definition) is 2. The van der Waals surface area contributed by atoms with Crippen LogP contribution in [-0.4, -0.2) is 30.3 Å². The Morgan fingerprint density at radius 1 is 1.32 bits per heavy atom. The Labute approximate surface area is 117 Å². The lowest BCUT2D eigenvalue weighted by Crippen LogP contribution is -2.47. The average molecular weight is 270 g/mol. The van der Waals surface area contributed by atoms with Gasteiger partial charge < -0.3 is 15.7 Å². The van der Waals surface area contributed by atoms with Crippen LogP contribution in [0.5, 0.6) is 0 Å². The molecule has 0 heterocycles. The molecule has 2 amide bonds. The minimum Gasteiger partial charge on any atom is -0.396 e. The summed E-state index contributed by atoms with van der Waals surface area (Å²) in [6.07, 6.45) is 7.74. The normalized spacial score (nSPS) is 24.8. The summed E-state index contributed by atoms with van der Waals surface area (Å²) in [5, 5.41) is 15.1. The molecule has 1 fully saturated rings. The third kappa shape index (κ3) is 6.28. The minimum absolute atomic E-state index is 0.0437. The number of hydrogen-bond donors (Lipinski definition) is 3. The summed E-state index contributed by atoms with van der Waals surface area (Å²) < 4.78 is 0. The predicted octanol–water partition coefficient (Wildman–Crippen LogP) is 2.66. The van der Waals surface area contributed by atoms with Crippen LogP contribution in [0.2, 0.25) is 0 Å². The molecule has 1 rings (SSSR count). The van der Waals surface area contributed by atoms with Crippen LogP contribution in [-0.2, 0) is 0 Å². The van der Waals surface area contributed by atoms with Crippen molar-refractivity contribution in [2.45, 2.75) is 64.8 Å². The van der Waals surface area contributed by atoms with Crippen molar-refractivity contribution in [3.8, 4) is 0 Å². The number of carbonyl (C=O) groups is 1. The molecule has 4 nitrogen and oxygen atoms in total. The summed E-state index contributed by atoms with van der Waals surface area (Å²) in [6, 6.07) is 0.286. The highest BCUT2D eigenvalue weighted by Gasteiger charge is 2.22. The monoisotopic (exact) mass is 270 g/mol. The fourth-order valence-electron chi connectivity index (χ4n) is 2.93. The molecule has 3 N–H and O–H groups in total. The van der Waals surface area contributed by atoms with Crippen LogP contribution < -0.4 is 10.6 Å². The Balaban J connectivity index is 2.25. The Hall–Kier alpha value is -0.770. The zero-order chi connectivity index (χ0) is 14.1. The van der Waals surface area contributed by atoms with Gasteiger partial charge in [0.25, 0.3) is 0 Å². The number of amides is 2. The molecular formula is C15H30N2O2. The van der Waals surface area contributed by atoms with Crippen LogP contribution in [0, 0.1) is 11.8 Å². The van der Waals surface area contributed by atoms with Gasteiger partial charge in [0.1, 0.15) is 0 Å². The first kappa shape index (κ1) is 16.3. The lowest BCUT2D eigenvalue weighted by atomic mass is 9.86. The third-order valence-corrected chi connectivity index (χ3v) is 4.21. The molecule has 3 atom stereocenters. The molecule has 1 aliphatic rings. The maximum absolute atomic E-state index is 11.9. The van der Waals surface area contributed by atoms with Crippen LogP contribution in [0.15, 0.2) is 0 Å². The molecule has 0 aliphatic heterocycles. The molecule has 0 aromatic rings. The summed E-state index contributed by atoms with van der Waals surface area (Å²) in [7, 11) is 0. The Morgan fingerprint density at radius 2 is 2.05 bits per heavy atom. The molecule has 19 heavy (non-hydrogen) atoms. The zero-order valence-corrected chi connectivity index (χ0v) is 12.5. The molecule has 0 aromatic heterocycles. The highest BCUT2D eigenvalue weighted by Crippen LogP contribution is 2.23. The van der Waals surface area contributed by atoms with Crippen molar-refractivity contribution in [3.05, 3.63) is 0 Å². The van der Waals surface area contributed by atoms with Crippen LogP contribution >= 0.6 is 0 Å². The SMILES string of the molecule is CCCC(CCO)CNC(=O)NC1CCCCC1C. The lowest BCUT2D eigenvalue weighted by Gasteiger charge is -2.29. The number of nitrogens with one attached hydrogen (secondary N) is 2. The quantitative estimate of drug-likeness (QED) is 0.666. The predicted molar refractivity (Wildman–Crippen MR) is 78.1 cm³/mol. The van der Waals surface area contributed by atoms with E-state index in [9.17, 15) is 4.79 Å². The summed E-state index contributed by atoms with van der Waals surface area (Å²) in [5.74, 6) is 0.980. The minimum atomic E-state index is -0.0437. The van der Waals surface area contributed by atoms with Gasteiger partial charge in [0.05, 0.1) is 0 Å². The van der Waals surface area contributed by atoms with Gasteiger partial charge in [-0.1, -0.05) is 33.1 Å². The van der Waals surface area contributed by atoms with Crippen molar-refractivity contribution >= 4 is 6.03 Å². The molecule has 0 bridgehead atoms. The Morgan fingerprint density at radius 3 is 2.68 bits per heavy atom. The second-order valence-electron chi connectivity index (χ2n) is 5.89.